The quantitative estimate of drug-likeness (QED) is 0.695. The number of rotatable bonds is 4. The number of para-hydroxylation sites is 1. The van der Waals surface area contributed by atoms with Crippen molar-refractivity contribution in [3.05, 3.63) is 59.3 Å². The van der Waals surface area contributed by atoms with Crippen LogP contribution in [0.15, 0.2) is 59.3 Å². The zero-order valence-electron chi connectivity index (χ0n) is 14.8. The molecule has 0 unspecified atom stereocenters. The maximum absolute atomic E-state index is 12.2. The van der Waals surface area contributed by atoms with E-state index in [1.807, 2.05) is 48.7 Å². The van der Waals surface area contributed by atoms with Crippen molar-refractivity contribution >= 4 is 44.2 Å². The van der Waals surface area contributed by atoms with Crippen molar-refractivity contribution in [3.8, 4) is 0 Å². The molecule has 0 saturated carbocycles. The standard InChI is InChI=1S/C20H20BrN5O/c21-15-12-17-20(23-13-15)18(6-7-22-17)26-10-8-25(9-11-26)14-19(27)24-16-4-2-1-3-5-16/h1-7,12-13H,8-11,14H2,(H,24,27). The summed E-state index contributed by atoms with van der Waals surface area (Å²) in [6.07, 6.45) is 3.63. The maximum Gasteiger partial charge on any atom is 0.238 e. The Bertz CT molecular complexity index is 942. The van der Waals surface area contributed by atoms with Crippen LogP contribution in [0, 0.1) is 0 Å². The van der Waals surface area contributed by atoms with Crippen molar-refractivity contribution in [1.82, 2.24) is 14.9 Å². The molecule has 4 rings (SSSR count). The van der Waals surface area contributed by atoms with Crippen LogP contribution in [0.4, 0.5) is 11.4 Å². The number of piperazine rings is 1. The second-order valence-electron chi connectivity index (χ2n) is 6.53. The van der Waals surface area contributed by atoms with Gasteiger partial charge in [0.05, 0.1) is 17.7 Å². The minimum atomic E-state index is 0.0236. The summed E-state index contributed by atoms with van der Waals surface area (Å²) in [5, 5.41) is 2.94. The van der Waals surface area contributed by atoms with E-state index in [9.17, 15) is 4.79 Å². The number of pyridine rings is 2. The van der Waals surface area contributed by atoms with Gasteiger partial charge in [-0.05, 0) is 40.2 Å². The van der Waals surface area contributed by atoms with Crippen LogP contribution in [0.2, 0.25) is 0 Å². The highest BCUT2D eigenvalue weighted by Gasteiger charge is 2.21. The number of carbonyl (C=O) groups excluding carboxylic acids is 1. The van der Waals surface area contributed by atoms with Crippen molar-refractivity contribution in [2.45, 2.75) is 0 Å². The average Bonchev–Trinajstić information content (AvgIpc) is 2.68. The molecule has 2 aromatic heterocycles. The Labute approximate surface area is 166 Å². The number of hydrogen-bond donors (Lipinski definition) is 1. The van der Waals surface area contributed by atoms with Gasteiger partial charge in [-0.1, -0.05) is 18.2 Å². The van der Waals surface area contributed by atoms with Gasteiger partial charge in [0.15, 0.2) is 0 Å². The molecule has 1 aliphatic rings. The molecule has 1 saturated heterocycles. The maximum atomic E-state index is 12.2. The number of nitrogens with one attached hydrogen (secondary N) is 1. The molecule has 1 amide bonds. The van der Waals surface area contributed by atoms with Gasteiger partial charge < -0.3 is 10.2 Å². The molecule has 1 aliphatic heterocycles. The van der Waals surface area contributed by atoms with Gasteiger partial charge in [0, 0.05) is 48.7 Å². The van der Waals surface area contributed by atoms with Gasteiger partial charge in [0.25, 0.3) is 0 Å². The topological polar surface area (TPSA) is 61.4 Å². The first-order valence-corrected chi connectivity index (χ1v) is 9.71. The summed E-state index contributed by atoms with van der Waals surface area (Å²) in [4.78, 5) is 25.7. The first-order chi connectivity index (χ1) is 13.2. The fourth-order valence-electron chi connectivity index (χ4n) is 3.32. The van der Waals surface area contributed by atoms with Crippen molar-refractivity contribution in [3.63, 3.8) is 0 Å². The molecule has 6 nitrogen and oxygen atoms in total. The normalized spacial score (nSPS) is 15.1. The first kappa shape index (κ1) is 17.9. The molecule has 0 radical (unpaired) electrons. The molecule has 1 N–H and O–H groups in total. The summed E-state index contributed by atoms with van der Waals surface area (Å²) >= 11 is 3.45. The Morgan fingerprint density at radius 3 is 2.63 bits per heavy atom. The molecule has 1 aromatic carbocycles. The highest BCUT2D eigenvalue weighted by molar-refractivity contribution is 9.10. The smallest absolute Gasteiger partial charge is 0.238 e. The summed E-state index contributed by atoms with van der Waals surface area (Å²) in [6.45, 7) is 3.79. The molecule has 3 aromatic rings. The van der Waals surface area contributed by atoms with Crippen LogP contribution in [-0.4, -0.2) is 53.5 Å². The van der Waals surface area contributed by atoms with Gasteiger partial charge in [-0.25, -0.2) is 0 Å². The van der Waals surface area contributed by atoms with Crippen LogP contribution >= 0.6 is 15.9 Å². The molecule has 3 heterocycles. The Kier molecular flexibility index (Phi) is 5.31. The monoisotopic (exact) mass is 425 g/mol. The van der Waals surface area contributed by atoms with Crippen LogP contribution in [0.1, 0.15) is 0 Å². The summed E-state index contributed by atoms with van der Waals surface area (Å²) in [7, 11) is 0. The van der Waals surface area contributed by atoms with E-state index in [0.29, 0.717) is 6.54 Å². The largest absolute Gasteiger partial charge is 0.367 e. The molecule has 0 spiro atoms. The number of anilines is 2. The second-order valence-corrected chi connectivity index (χ2v) is 7.44. The third-order valence-electron chi connectivity index (χ3n) is 4.66. The van der Waals surface area contributed by atoms with Gasteiger partial charge in [-0.15, -0.1) is 0 Å². The zero-order chi connectivity index (χ0) is 18.6. The van der Waals surface area contributed by atoms with Crippen molar-refractivity contribution in [2.75, 3.05) is 42.9 Å². The third kappa shape index (κ3) is 4.26. The van der Waals surface area contributed by atoms with Crippen LogP contribution in [0.5, 0.6) is 0 Å². The third-order valence-corrected chi connectivity index (χ3v) is 5.09. The molecule has 1 fully saturated rings. The summed E-state index contributed by atoms with van der Waals surface area (Å²) in [5.41, 5.74) is 3.73. The Balaban J connectivity index is 1.37. The lowest BCUT2D eigenvalue weighted by Gasteiger charge is -2.35. The number of nitrogens with zero attached hydrogens (tertiary/aromatic N) is 4. The van der Waals surface area contributed by atoms with E-state index >= 15 is 0 Å². The van der Waals surface area contributed by atoms with Crippen LogP contribution < -0.4 is 10.2 Å². The fourth-order valence-corrected chi connectivity index (χ4v) is 3.64. The minimum Gasteiger partial charge on any atom is -0.367 e. The number of benzene rings is 1. The lowest BCUT2D eigenvalue weighted by molar-refractivity contribution is -0.117. The minimum absolute atomic E-state index is 0.0236. The zero-order valence-corrected chi connectivity index (χ0v) is 16.4. The highest BCUT2D eigenvalue weighted by Crippen LogP contribution is 2.26. The van der Waals surface area contributed by atoms with Gasteiger partial charge in [-0.2, -0.15) is 0 Å². The van der Waals surface area contributed by atoms with E-state index in [0.717, 1.165) is 53.1 Å². The molecule has 0 atom stereocenters. The van der Waals surface area contributed by atoms with Crippen LogP contribution in [-0.2, 0) is 4.79 Å². The van der Waals surface area contributed by atoms with E-state index in [-0.39, 0.29) is 5.91 Å². The number of amides is 1. The molecular formula is C20H20BrN5O. The van der Waals surface area contributed by atoms with Crippen molar-refractivity contribution in [2.24, 2.45) is 0 Å². The van der Waals surface area contributed by atoms with E-state index in [2.05, 4.69) is 41.0 Å². The van der Waals surface area contributed by atoms with Crippen LogP contribution in [0.25, 0.3) is 11.0 Å². The molecule has 0 aliphatic carbocycles. The summed E-state index contributed by atoms with van der Waals surface area (Å²) < 4.78 is 0.925. The second kappa shape index (κ2) is 8.02. The van der Waals surface area contributed by atoms with Gasteiger partial charge in [0.1, 0.15) is 5.52 Å². The van der Waals surface area contributed by atoms with E-state index < -0.39 is 0 Å². The average molecular weight is 426 g/mol. The Morgan fingerprint density at radius 1 is 1.07 bits per heavy atom. The Morgan fingerprint density at radius 2 is 1.85 bits per heavy atom. The SMILES string of the molecule is O=C(CN1CCN(c2ccnc3cc(Br)cnc23)CC1)Nc1ccccc1. The Hall–Kier alpha value is -2.51. The molecule has 0 bridgehead atoms. The predicted octanol–water partition coefficient (Wildman–Crippen LogP) is 3.15. The number of carbonyl (C=O) groups is 1. The number of fused-ring (bicyclic) bond motifs is 1. The van der Waals surface area contributed by atoms with Crippen molar-refractivity contribution < 1.29 is 4.79 Å². The van der Waals surface area contributed by atoms with Crippen molar-refractivity contribution in [1.29, 1.82) is 0 Å². The number of halogens is 1. The highest BCUT2D eigenvalue weighted by atomic mass is 79.9. The van der Waals surface area contributed by atoms with E-state index in [1.54, 1.807) is 6.20 Å². The van der Waals surface area contributed by atoms with E-state index in [4.69, 9.17) is 0 Å². The van der Waals surface area contributed by atoms with Gasteiger partial charge in [0.2, 0.25) is 5.91 Å². The van der Waals surface area contributed by atoms with Gasteiger partial charge >= 0.3 is 0 Å². The molecule has 7 heteroatoms. The predicted molar refractivity (Wildman–Crippen MR) is 111 cm³/mol. The van der Waals surface area contributed by atoms with E-state index in [1.165, 1.54) is 0 Å². The van der Waals surface area contributed by atoms with Crippen LogP contribution in [0.3, 0.4) is 0 Å². The summed E-state index contributed by atoms with van der Waals surface area (Å²) in [5.74, 6) is 0.0236. The lowest BCUT2D eigenvalue weighted by Crippen LogP contribution is -2.48. The molecular weight excluding hydrogens is 406 g/mol. The summed E-state index contributed by atoms with van der Waals surface area (Å²) in [6, 6.07) is 13.6. The lowest BCUT2D eigenvalue weighted by atomic mass is 10.2. The van der Waals surface area contributed by atoms with Gasteiger partial charge in [-0.3, -0.25) is 19.7 Å². The first-order valence-electron chi connectivity index (χ1n) is 8.91. The number of aromatic nitrogens is 2. The number of hydrogen-bond acceptors (Lipinski definition) is 5. The molecule has 138 valence electrons. The molecule has 27 heavy (non-hydrogen) atoms. The fraction of sp³-hybridized carbons (Fsp3) is 0.250.